The largest absolute Gasteiger partial charge is 0.353 e. The summed E-state index contributed by atoms with van der Waals surface area (Å²) in [5.41, 5.74) is 0. The van der Waals surface area contributed by atoms with Crippen molar-refractivity contribution in [3.05, 3.63) is 0 Å². The van der Waals surface area contributed by atoms with Crippen LogP contribution in [-0.2, 0) is 4.79 Å². The Bertz CT molecular complexity index is 210. The van der Waals surface area contributed by atoms with E-state index in [0.29, 0.717) is 24.4 Å². The van der Waals surface area contributed by atoms with Gasteiger partial charge in [0.15, 0.2) is 0 Å². The maximum atomic E-state index is 11.6. The Labute approximate surface area is 99.4 Å². The first-order chi connectivity index (χ1) is 7.67. The highest BCUT2D eigenvalue weighted by molar-refractivity contribution is 5.76. The van der Waals surface area contributed by atoms with E-state index in [1.54, 1.807) is 0 Å². The van der Waals surface area contributed by atoms with Crippen molar-refractivity contribution in [3.8, 4) is 0 Å². The number of hydrogen-bond acceptors (Lipinski definition) is 2. The maximum Gasteiger partial charge on any atom is 0.221 e. The Hall–Kier alpha value is -0.570. The minimum absolute atomic E-state index is 0.188. The summed E-state index contributed by atoms with van der Waals surface area (Å²) in [4.78, 5) is 11.6. The van der Waals surface area contributed by atoms with Crippen LogP contribution in [0.5, 0.6) is 0 Å². The van der Waals surface area contributed by atoms with Crippen molar-refractivity contribution >= 4 is 5.91 Å². The summed E-state index contributed by atoms with van der Waals surface area (Å²) in [7, 11) is 0. The zero-order valence-corrected chi connectivity index (χ0v) is 10.9. The van der Waals surface area contributed by atoms with Crippen LogP contribution in [0.3, 0.4) is 0 Å². The summed E-state index contributed by atoms with van der Waals surface area (Å²) >= 11 is 0. The third kappa shape index (κ3) is 4.97. The van der Waals surface area contributed by atoms with Gasteiger partial charge in [0.25, 0.3) is 0 Å². The summed E-state index contributed by atoms with van der Waals surface area (Å²) in [6.07, 6.45) is 5.45. The summed E-state index contributed by atoms with van der Waals surface area (Å²) < 4.78 is 0. The predicted octanol–water partition coefficient (Wildman–Crippen LogP) is 2.07. The average molecular weight is 226 g/mol. The second-order valence-corrected chi connectivity index (χ2v) is 4.91. The summed E-state index contributed by atoms with van der Waals surface area (Å²) in [6.45, 7) is 7.31. The molecule has 0 saturated heterocycles. The van der Waals surface area contributed by atoms with Gasteiger partial charge < -0.3 is 10.6 Å². The zero-order chi connectivity index (χ0) is 12.0. The third-order valence-corrected chi connectivity index (χ3v) is 3.51. The number of carbonyl (C=O) groups is 1. The fourth-order valence-electron chi connectivity index (χ4n) is 2.12. The number of nitrogens with one attached hydrogen (secondary N) is 2. The quantitative estimate of drug-likeness (QED) is 0.665. The molecule has 0 aromatic carbocycles. The molecule has 0 aromatic heterocycles. The van der Waals surface area contributed by atoms with E-state index in [2.05, 4.69) is 31.4 Å². The van der Waals surface area contributed by atoms with Crippen molar-refractivity contribution in [2.75, 3.05) is 6.54 Å². The molecule has 94 valence electrons. The Kier molecular flexibility index (Phi) is 5.81. The molecule has 0 heterocycles. The Morgan fingerprint density at radius 2 is 1.94 bits per heavy atom. The van der Waals surface area contributed by atoms with Crippen molar-refractivity contribution in [2.24, 2.45) is 5.92 Å². The molecule has 0 aromatic rings. The summed E-state index contributed by atoms with van der Waals surface area (Å²) in [5, 5.41) is 6.45. The molecular formula is C13H26N2O. The van der Waals surface area contributed by atoms with Crippen LogP contribution in [0.25, 0.3) is 0 Å². The van der Waals surface area contributed by atoms with Gasteiger partial charge in [0.1, 0.15) is 0 Å². The lowest BCUT2D eigenvalue weighted by Gasteiger charge is -2.22. The van der Waals surface area contributed by atoms with Crippen molar-refractivity contribution in [3.63, 3.8) is 0 Å². The van der Waals surface area contributed by atoms with Gasteiger partial charge in [0.05, 0.1) is 0 Å². The lowest BCUT2D eigenvalue weighted by atomic mass is 9.95. The van der Waals surface area contributed by atoms with E-state index in [-0.39, 0.29) is 5.91 Å². The van der Waals surface area contributed by atoms with Crippen LogP contribution in [0.2, 0.25) is 0 Å². The minimum Gasteiger partial charge on any atom is -0.353 e. The lowest BCUT2D eigenvalue weighted by Crippen LogP contribution is -2.39. The second kappa shape index (κ2) is 6.89. The molecule has 1 amide bonds. The lowest BCUT2D eigenvalue weighted by molar-refractivity contribution is -0.121. The molecule has 16 heavy (non-hydrogen) atoms. The van der Waals surface area contributed by atoms with E-state index in [4.69, 9.17) is 0 Å². The molecule has 2 N–H and O–H groups in total. The van der Waals surface area contributed by atoms with E-state index in [0.717, 1.165) is 19.4 Å². The third-order valence-electron chi connectivity index (χ3n) is 3.51. The van der Waals surface area contributed by atoms with Crippen LogP contribution >= 0.6 is 0 Å². The molecule has 0 bridgehead atoms. The Morgan fingerprint density at radius 3 is 2.44 bits per heavy atom. The second-order valence-electron chi connectivity index (χ2n) is 4.91. The zero-order valence-electron chi connectivity index (χ0n) is 10.9. The van der Waals surface area contributed by atoms with Gasteiger partial charge in [-0.15, -0.1) is 0 Å². The molecule has 1 unspecified atom stereocenters. The van der Waals surface area contributed by atoms with Crippen LogP contribution < -0.4 is 10.6 Å². The van der Waals surface area contributed by atoms with Crippen LogP contribution in [0, 0.1) is 5.92 Å². The minimum atomic E-state index is 0.188. The molecule has 0 spiro atoms. The molecule has 3 heteroatoms. The first-order valence-electron chi connectivity index (χ1n) is 6.70. The fraction of sp³-hybridized carbons (Fsp3) is 0.923. The highest BCUT2D eigenvalue weighted by Gasteiger charge is 2.20. The van der Waals surface area contributed by atoms with E-state index in [9.17, 15) is 4.79 Å². The monoisotopic (exact) mass is 226 g/mol. The van der Waals surface area contributed by atoms with Crippen LogP contribution in [0.4, 0.5) is 0 Å². The molecule has 0 radical (unpaired) electrons. The number of carbonyl (C=O) groups excluding carboxylic acids is 1. The van der Waals surface area contributed by atoms with Gasteiger partial charge in [-0.3, -0.25) is 4.79 Å². The molecule has 1 atom stereocenters. The van der Waals surface area contributed by atoms with Gasteiger partial charge in [-0.1, -0.05) is 26.7 Å². The van der Waals surface area contributed by atoms with Crippen molar-refractivity contribution in [1.82, 2.24) is 10.6 Å². The molecule has 1 aliphatic carbocycles. The topological polar surface area (TPSA) is 41.1 Å². The molecular weight excluding hydrogens is 200 g/mol. The first-order valence-corrected chi connectivity index (χ1v) is 6.70. The first kappa shape index (κ1) is 13.5. The average Bonchev–Trinajstić information content (AvgIpc) is 3.03. The highest BCUT2D eigenvalue weighted by Crippen LogP contribution is 2.18. The molecule has 0 aliphatic heterocycles. The summed E-state index contributed by atoms with van der Waals surface area (Å²) in [6, 6.07) is 1.01. The van der Waals surface area contributed by atoms with E-state index < -0.39 is 0 Å². The van der Waals surface area contributed by atoms with E-state index in [1.807, 2.05) is 0 Å². The Balaban J connectivity index is 2.10. The van der Waals surface area contributed by atoms with Crippen LogP contribution in [0.1, 0.15) is 52.9 Å². The SMILES string of the molecule is CCC(CC)C(C)NC(=O)CCNC1CC1. The standard InChI is InChI=1S/C13H26N2O/c1-4-11(5-2)10(3)15-13(16)8-9-14-12-6-7-12/h10-12,14H,4-9H2,1-3H3,(H,15,16). The van der Waals surface area contributed by atoms with Crippen molar-refractivity contribution in [1.29, 1.82) is 0 Å². The Morgan fingerprint density at radius 1 is 1.31 bits per heavy atom. The smallest absolute Gasteiger partial charge is 0.221 e. The van der Waals surface area contributed by atoms with Crippen LogP contribution in [-0.4, -0.2) is 24.5 Å². The van der Waals surface area contributed by atoms with E-state index >= 15 is 0 Å². The van der Waals surface area contributed by atoms with Crippen LogP contribution in [0.15, 0.2) is 0 Å². The van der Waals surface area contributed by atoms with Crippen molar-refractivity contribution in [2.45, 2.75) is 65.0 Å². The molecule has 1 saturated carbocycles. The number of hydrogen-bond donors (Lipinski definition) is 2. The fourth-order valence-corrected chi connectivity index (χ4v) is 2.12. The van der Waals surface area contributed by atoms with Gasteiger partial charge in [-0.25, -0.2) is 0 Å². The molecule has 1 rings (SSSR count). The van der Waals surface area contributed by atoms with Gasteiger partial charge in [-0.2, -0.15) is 0 Å². The highest BCUT2D eigenvalue weighted by atomic mass is 16.1. The number of rotatable bonds is 8. The normalized spacial score (nSPS) is 17.5. The van der Waals surface area contributed by atoms with Crippen molar-refractivity contribution < 1.29 is 4.79 Å². The predicted molar refractivity (Wildman–Crippen MR) is 67.3 cm³/mol. The molecule has 1 aliphatic rings. The van der Waals surface area contributed by atoms with Gasteiger partial charge in [-0.05, 0) is 25.7 Å². The molecule has 1 fully saturated rings. The van der Waals surface area contributed by atoms with E-state index in [1.165, 1.54) is 12.8 Å². The summed E-state index contributed by atoms with van der Waals surface area (Å²) in [5.74, 6) is 0.799. The molecule has 3 nitrogen and oxygen atoms in total. The van der Waals surface area contributed by atoms with Gasteiger partial charge in [0.2, 0.25) is 5.91 Å². The maximum absolute atomic E-state index is 11.6. The number of amides is 1. The van der Waals surface area contributed by atoms with Gasteiger partial charge >= 0.3 is 0 Å². The van der Waals surface area contributed by atoms with Gasteiger partial charge in [0, 0.05) is 25.0 Å².